The van der Waals surface area contributed by atoms with E-state index >= 15 is 0 Å². The van der Waals surface area contributed by atoms with Crippen molar-refractivity contribution in [1.82, 2.24) is 4.90 Å². The molecule has 25 heavy (non-hydrogen) atoms. The topological polar surface area (TPSA) is 72.6 Å². The molecule has 0 bridgehead atoms. The summed E-state index contributed by atoms with van der Waals surface area (Å²) in [5.74, 6) is -0.479. The molecule has 0 saturated heterocycles. The van der Waals surface area contributed by atoms with Crippen LogP contribution in [0.3, 0.4) is 0 Å². The van der Waals surface area contributed by atoms with Gasteiger partial charge < -0.3 is 10.5 Å². The Morgan fingerprint density at radius 3 is 2.16 bits per heavy atom. The highest BCUT2D eigenvalue weighted by atomic mass is 32.2. The summed E-state index contributed by atoms with van der Waals surface area (Å²) >= 11 is 1.47. The molecule has 2 N–H and O–H groups in total. The number of carbonyl (C=O) groups is 2. The summed E-state index contributed by atoms with van der Waals surface area (Å²) in [5, 5.41) is 0. The molecule has 0 aliphatic carbocycles. The van der Waals surface area contributed by atoms with Crippen molar-refractivity contribution in [3.63, 3.8) is 0 Å². The summed E-state index contributed by atoms with van der Waals surface area (Å²) in [6.45, 7) is 9.03. The lowest BCUT2D eigenvalue weighted by Crippen LogP contribution is -2.55. The van der Waals surface area contributed by atoms with E-state index in [1.807, 2.05) is 20.8 Å². The number of thioether (sulfide) groups is 1. The van der Waals surface area contributed by atoms with Crippen LogP contribution in [0.15, 0.2) is 29.2 Å². The Balaban J connectivity index is 2.93. The van der Waals surface area contributed by atoms with Gasteiger partial charge >= 0.3 is 6.09 Å². The number of amides is 2. The average Bonchev–Trinajstić information content (AvgIpc) is 2.49. The summed E-state index contributed by atoms with van der Waals surface area (Å²) in [5.41, 5.74) is 5.53. The van der Waals surface area contributed by atoms with Crippen LogP contribution >= 0.6 is 11.8 Å². The smallest absolute Gasteiger partial charge is 0.410 e. The van der Waals surface area contributed by atoms with E-state index in [1.165, 1.54) is 28.8 Å². The number of benzene rings is 1. The highest BCUT2D eigenvalue weighted by Gasteiger charge is 2.35. The van der Waals surface area contributed by atoms with Crippen molar-refractivity contribution in [2.24, 2.45) is 11.7 Å². The fourth-order valence-electron chi connectivity index (χ4n) is 2.44. The number of hydrogen-bond acceptors (Lipinski definition) is 4. The lowest BCUT2D eigenvalue weighted by molar-refractivity contribution is -0.125. The van der Waals surface area contributed by atoms with Gasteiger partial charge in [-0.1, -0.05) is 13.8 Å². The van der Waals surface area contributed by atoms with E-state index in [2.05, 4.69) is 0 Å². The fraction of sp³-hybridized carbons (Fsp3) is 0.556. The minimum absolute atomic E-state index is 0.143. The van der Waals surface area contributed by atoms with Gasteiger partial charge in [0.2, 0.25) is 5.91 Å². The van der Waals surface area contributed by atoms with Gasteiger partial charge in [0, 0.05) is 16.7 Å². The molecule has 140 valence electrons. The maximum Gasteiger partial charge on any atom is 0.410 e. The molecule has 2 atom stereocenters. The van der Waals surface area contributed by atoms with Crippen molar-refractivity contribution in [3.05, 3.63) is 30.1 Å². The van der Waals surface area contributed by atoms with Crippen LogP contribution in [0, 0.1) is 11.7 Å². The van der Waals surface area contributed by atoms with Crippen molar-refractivity contribution in [3.8, 4) is 0 Å². The van der Waals surface area contributed by atoms with Crippen molar-refractivity contribution < 1.29 is 18.7 Å². The third kappa shape index (κ3) is 6.57. The monoisotopic (exact) mass is 370 g/mol. The van der Waals surface area contributed by atoms with Gasteiger partial charge in [-0.05, 0) is 51.0 Å². The summed E-state index contributed by atoms with van der Waals surface area (Å²) < 4.78 is 18.3. The average molecular weight is 370 g/mol. The van der Waals surface area contributed by atoms with Crippen molar-refractivity contribution in [2.45, 2.75) is 57.7 Å². The van der Waals surface area contributed by atoms with Gasteiger partial charge in [-0.2, -0.15) is 0 Å². The number of nitrogens with two attached hydrogens (primary N) is 1. The zero-order valence-electron chi connectivity index (χ0n) is 15.4. The number of primary amides is 1. The lowest BCUT2D eigenvalue weighted by Gasteiger charge is -2.36. The minimum Gasteiger partial charge on any atom is -0.447 e. The quantitative estimate of drug-likeness (QED) is 0.709. The first-order valence-corrected chi connectivity index (χ1v) is 9.28. The Labute approximate surface area is 153 Å². The van der Waals surface area contributed by atoms with Gasteiger partial charge in [0.05, 0.1) is 6.10 Å². The molecule has 2 amide bonds. The number of rotatable bonds is 8. The van der Waals surface area contributed by atoms with Crippen LogP contribution in [0.4, 0.5) is 9.18 Å². The lowest BCUT2D eigenvalue weighted by atomic mass is 10.0. The number of hydrogen-bond donors (Lipinski definition) is 1. The summed E-state index contributed by atoms with van der Waals surface area (Å²) in [4.78, 5) is 26.8. The molecular weight excluding hydrogens is 343 g/mol. The summed E-state index contributed by atoms with van der Waals surface area (Å²) in [6.07, 6.45) is -0.854. The predicted octanol–water partition coefficient (Wildman–Crippen LogP) is 3.66. The third-order valence-corrected chi connectivity index (χ3v) is 4.80. The van der Waals surface area contributed by atoms with Gasteiger partial charge in [0.1, 0.15) is 11.9 Å². The van der Waals surface area contributed by atoms with Gasteiger partial charge in [-0.15, -0.1) is 11.8 Å². The van der Waals surface area contributed by atoms with Crippen molar-refractivity contribution in [2.75, 3.05) is 5.75 Å². The first-order chi connectivity index (χ1) is 11.6. The Kier molecular flexibility index (Phi) is 8.22. The van der Waals surface area contributed by atoms with Crippen LogP contribution in [0.1, 0.15) is 34.6 Å². The zero-order chi connectivity index (χ0) is 19.1. The third-order valence-electron chi connectivity index (χ3n) is 3.55. The van der Waals surface area contributed by atoms with E-state index in [9.17, 15) is 14.0 Å². The molecular formula is C18H27FN2O3S. The van der Waals surface area contributed by atoms with Gasteiger partial charge in [0.25, 0.3) is 0 Å². The maximum atomic E-state index is 13.0. The number of halogens is 1. The molecule has 0 fully saturated rings. The fourth-order valence-corrected chi connectivity index (χ4v) is 3.37. The number of nitrogens with zero attached hydrogens (tertiary/aromatic N) is 1. The van der Waals surface area contributed by atoms with Crippen molar-refractivity contribution in [1.29, 1.82) is 0 Å². The molecule has 1 unspecified atom stereocenters. The van der Waals surface area contributed by atoms with E-state index in [0.717, 1.165) is 4.90 Å². The molecule has 0 radical (unpaired) electrons. The SMILES string of the molecule is CC(C)OC(=O)N(C(C)CSc1ccc(F)cc1)[C@H](C(N)=O)C(C)C. The Morgan fingerprint density at radius 2 is 1.72 bits per heavy atom. The molecule has 0 heterocycles. The number of ether oxygens (including phenoxy) is 1. The van der Waals surface area contributed by atoms with E-state index in [4.69, 9.17) is 10.5 Å². The van der Waals surface area contributed by atoms with E-state index < -0.39 is 18.0 Å². The molecule has 0 aliphatic rings. The van der Waals surface area contributed by atoms with Gasteiger partial charge in [-0.25, -0.2) is 9.18 Å². The maximum absolute atomic E-state index is 13.0. The van der Waals surface area contributed by atoms with E-state index in [0.29, 0.717) is 5.75 Å². The molecule has 7 heteroatoms. The van der Waals surface area contributed by atoms with Crippen LogP contribution in [0.2, 0.25) is 0 Å². The highest BCUT2D eigenvalue weighted by Crippen LogP contribution is 2.24. The molecule has 1 aromatic rings. The minimum atomic E-state index is -0.755. The van der Waals surface area contributed by atoms with Crippen LogP contribution in [0.25, 0.3) is 0 Å². The molecule has 1 rings (SSSR count). The second-order valence-electron chi connectivity index (χ2n) is 6.54. The van der Waals surface area contributed by atoms with Gasteiger partial charge in [0.15, 0.2) is 0 Å². The summed E-state index contributed by atoms with van der Waals surface area (Å²) in [7, 11) is 0. The van der Waals surface area contributed by atoms with Crippen molar-refractivity contribution >= 4 is 23.8 Å². The first kappa shape index (κ1) is 21.3. The highest BCUT2D eigenvalue weighted by molar-refractivity contribution is 7.99. The molecule has 5 nitrogen and oxygen atoms in total. The second kappa shape index (κ2) is 9.65. The second-order valence-corrected chi connectivity index (χ2v) is 7.64. The molecule has 1 aromatic carbocycles. The first-order valence-electron chi connectivity index (χ1n) is 8.30. The van der Waals surface area contributed by atoms with E-state index in [-0.39, 0.29) is 23.9 Å². The Morgan fingerprint density at radius 1 is 1.16 bits per heavy atom. The normalized spacial score (nSPS) is 13.6. The van der Waals surface area contributed by atoms with Crippen LogP contribution in [-0.4, -0.2) is 40.8 Å². The van der Waals surface area contributed by atoms with E-state index in [1.54, 1.807) is 26.0 Å². The Hall–Kier alpha value is -1.76. The molecule has 0 saturated carbocycles. The standard InChI is InChI=1S/C18H27FN2O3S/c1-11(2)16(17(20)22)21(18(23)24-12(3)4)13(5)10-25-15-8-6-14(19)7-9-15/h6-9,11-13,16H,10H2,1-5H3,(H2,20,22)/t13?,16-/m0/s1. The zero-order valence-corrected chi connectivity index (χ0v) is 16.2. The Bertz CT molecular complexity index is 578. The van der Waals surface area contributed by atoms with Crippen LogP contribution in [-0.2, 0) is 9.53 Å². The number of carbonyl (C=O) groups excluding carboxylic acids is 2. The summed E-state index contributed by atoms with van der Waals surface area (Å²) in [6, 6.07) is 5.09. The largest absolute Gasteiger partial charge is 0.447 e. The molecule has 0 aliphatic heterocycles. The van der Waals surface area contributed by atoms with Crippen LogP contribution < -0.4 is 5.73 Å². The molecule has 0 aromatic heterocycles. The predicted molar refractivity (Wildman–Crippen MR) is 97.9 cm³/mol. The van der Waals surface area contributed by atoms with Crippen LogP contribution in [0.5, 0.6) is 0 Å². The molecule has 0 spiro atoms. The van der Waals surface area contributed by atoms with Gasteiger partial charge in [-0.3, -0.25) is 9.69 Å².